The van der Waals surface area contributed by atoms with Gasteiger partial charge in [0.15, 0.2) is 0 Å². The molecule has 0 spiro atoms. The molecule has 4 heteroatoms. The molecular formula is C12H20N2OS. The van der Waals surface area contributed by atoms with Crippen molar-refractivity contribution in [3.8, 4) is 0 Å². The molecule has 1 unspecified atom stereocenters. The molecule has 0 aromatic heterocycles. The molecule has 1 atom stereocenters. The van der Waals surface area contributed by atoms with Crippen LogP contribution in [0.2, 0.25) is 0 Å². The van der Waals surface area contributed by atoms with Crippen LogP contribution in [0, 0.1) is 5.92 Å². The Kier molecular flexibility index (Phi) is 3.79. The monoisotopic (exact) mass is 240 g/mol. The summed E-state index contributed by atoms with van der Waals surface area (Å²) >= 11 is 5.31. The van der Waals surface area contributed by atoms with Crippen molar-refractivity contribution in [3.05, 3.63) is 0 Å². The fourth-order valence-corrected chi connectivity index (χ4v) is 2.66. The maximum Gasteiger partial charge on any atom is 0.320 e. The van der Waals surface area contributed by atoms with Gasteiger partial charge in [0.25, 0.3) is 0 Å². The van der Waals surface area contributed by atoms with E-state index in [0.29, 0.717) is 12.5 Å². The predicted octanol–water partition coefficient (Wildman–Crippen LogP) is 2.30. The average molecular weight is 240 g/mol. The van der Waals surface area contributed by atoms with Crippen LogP contribution in [-0.4, -0.2) is 46.9 Å². The number of carbonyl (C=O) groups is 1. The lowest BCUT2D eigenvalue weighted by Crippen LogP contribution is -2.50. The molecule has 0 radical (unpaired) electrons. The van der Waals surface area contributed by atoms with Gasteiger partial charge in [-0.1, -0.05) is 19.1 Å². The Morgan fingerprint density at radius 1 is 1.19 bits per heavy atom. The normalized spacial score (nSPS) is 27.1. The minimum Gasteiger partial charge on any atom is -0.325 e. The van der Waals surface area contributed by atoms with Crippen LogP contribution in [0.5, 0.6) is 0 Å². The van der Waals surface area contributed by atoms with Gasteiger partial charge < -0.3 is 9.80 Å². The molecule has 2 aliphatic heterocycles. The zero-order valence-electron chi connectivity index (χ0n) is 9.95. The van der Waals surface area contributed by atoms with E-state index < -0.39 is 0 Å². The number of piperidine rings is 2. The lowest BCUT2D eigenvalue weighted by Gasteiger charge is -2.36. The molecule has 2 amide bonds. The molecule has 2 saturated heterocycles. The van der Waals surface area contributed by atoms with Crippen molar-refractivity contribution in [2.24, 2.45) is 5.92 Å². The number of urea groups is 1. The van der Waals surface area contributed by atoms with Crippen LogP contribution in [0.1, 0.15) is 32.6 Å². The summed E-state index contributed by atoms with van der Waals surface area (Å²) in [6.07, 6.45) is 4.60. The summed E-state index contributed by atoms with van der Waals surface area (Å²) in [7, 11) is 0. The number of rotatable bonds is 0. The SMILES string of the molecule is CC1CCN(C(=O)N2CCCCC2)CC1=S. The van der Waals surface area contributed by atoms with Crippen molar-refractivity contribution < 1.29 is 4.79 Å². The van der Waals surface area contributed by atoms with Crippen molar-refractivity contribution >= 4 is 23.1 Å². The first kappa shape index (κ1) is 11.8. The maximum absolute atomic E-state index is 12.2. The van der Waals surface area contributed by atoms with E-state index in [1.807, 2.05) is 9.80 Å². The second-order valence-electron chi connectivity index (χ2n) is 4.91. The standard InChI is InChI=1S/C12H20N2OS/c1-10-5-8-14(9-11(10)16)12(15)13-6-3-2-4-7-13/h10H,2-9H2,1H3. The molecule has 2 aliphatic rings. The lowest BCUT2D eigenvalue weighted by molar-refractivity contribution is 0.145. The van der Waals surface area contributed by atoms with Crippen LogP contribution >= 0.6 is 12.2 Å². The fraction of sp³-hybridized carbons (Fsp3) is 0.833. The Morgan fingerprint density at radius 2 is 1.88 bits per heavy atom. The zero-order valence-corrected chi connectivity index (χ0v) is 10.8. The van der Waals surface area contributed by atoms with Crippen LogP contribution in [0.15, 0.2) is 0 Å². The van der Waals surface area contributed by atoms with Gasteiger partial charge >= 0.3 is 6.03 Å². The first-order valence-corrected chi connectivity index (χ1v) is 6.66. The first-order chi connectivity index (χ1) is 7.68. The Balaban J connectivity index is 1.91. The number of nitrogens with zero attached hydrogens (tertiary/aromatic N) is 2. The Hall–Kier alpha value is -0.640. The van der Waals surface area contributed by atoms with E-state index in [-0.39, 0.29) is 6.03 Å². The summed E-state index contributed by atoms with van der Waals surface area (Å²) in [5.41, 5.74) is 0. The summed E-state index contributed by atoms with van der Waals surface area (Å²) in [5.74, 6) is 0.500. The molecule has 2 rings (SSSR count). The highest BCUT2D eigenvalue weighted by Crippen LogP contribution is 2.18. The van der Waals surface area contributed by atoms with Crippen LogP contribution in [0.3, 0.4) is 0 Å². The number of amides is 2. The van der Waals surface area contributed by atoms with Gasteiger partial charge in [-0.3, -0.25) is 0 Å². The van der Waals surface area contributed by atoms with Crippen molar-refractivity contribution in [3.63, 3.8) is 0 Å². The largest absolute Gasteiger partial charge is 0.325 e. The number of likely N-dealkylation sites (tertiary alicyclic amines) is 2. The molecule has 90 valence electrons. The van der Waals surface area contributed by atoms with Crippen molar-refractivity contribution in [1.29, 1.82) is 0 Å². The lowest BCUT2D eigenvalue weighted by atomic mass is 9.99. The Labute approximate surface area is 103 Å². The molecule has 3 nitrogen and oxygen atoms in total. The summed E-state index contributed by atoms with van der Waals surface area (Å²) in [6, 6.07) is 0.203. The smallest absolute Gasteiger partial charge is 0.320 e. The van der Waals surface area contributed by atoms with E-state index in [1.54, 1.807) is 0 Å². The van der Waals surface area contributed by atoms with Crippen molar-refractivity contribution in [2.45, 2.75) is 32.6 Å². The zero-order chi connectivity index (χ0) is 11.5. The molecule has 0 saturated carbocycles. The van der Waals surface area contributed by atoms with E-state index in [1.165, 1.54) is 6.42 Å². The highest BCUT2D eigenvalue weighted by Gasteiger charge is 2.27. The third-order valence-electron chi connectivity index (χ3n) is 3.63. The van der Waals surface area contributed by atoms with E-state index in [2.05, 4.69) is 6.92 Å². The van der Waals surface area contributed by atoms with E-state index in [9.17, 15) is 4.79 Å². The molecule has 0 aromatic rings. The van der Waals surface area contributed by atoms with Gasteiger partial charge in [0, 0.05) is 24.5 Å². The van der Waals surface area contributed by atoms with Gasteiger partial charge in [-0.2, -0.15) is 0 Å². The third kappa shape index (κ3) is 2.54. The number of thiocarbonyl (C=S) groups is 1. The fourth-order valence-electron chi connectivity index (χ4n) is 2.38. The molecule has 16 heavy (non-hydrogen) atoms. The minimum absolute atomic E-state index is 0.203. The predicted molar refractivity (Wildman–Crippen MR) is 68.8 cm³/mol. The number of carbonyl (C=O) groups excluding carboxylic acids is 1. The summed E-state index contributed by atoms with van der Waals surface area (Å²) in [4.78, 5) is 17.1. The second-order valence-corrected chi connectivity index (χ2v) is 5.43. The van der Waals surface area contributed by atoms with Crippen LogP contribution in [-0.2, 0) is 0 Å². The van der Waals surface area contributed by atoms with E-state index >= 15 is 0 Å². The molecule has 0 bridgehead atoms. The minimum atomic E-state index is 0.203. The molecule has 0 aromatic carbocycles. The second kappa shape index (κ2) is 5.13. The molecule has 2 heterocycles. The topological polar surface area (TPSA) is 23.6 Å². The Morgan fingerprint density at radius 3 is 2.50 bits per heavy atom. The molecule has 0 N–H and O–H groups in total. The molecule has 2 fully saturated rings. The molecular weight excluding hydrogens is 220 g/mol. The van der Waals surface area contributed by atoms with Gasteiger partial charge in [0.05, 0.1) is 6.54 Å². The Bertz CT molecular complexity index is 287. The van der Waals surface area contributed by atoms with Crippen molar-refractivity contribution in [1.82, 2.24) is 9.80 Å². The van der Waals surface area contributed by atoms with Gasteiger partial charge in [-0.05, 0) is 31.6 Å². The summed E-state index contributed by atoms with van der Waals surface area (Å²) < 4.78 is 0. The summed E-state index contributed by atoms with van der Waals surface area (Å²) in [5, 5.41) is 0. The van der Waals surface area contributed by atoms with Crippen LogP contribution < -0.4 is 0 Å². The van der Waals surface area contributed by atoms with E-state index in [0.717, 1.165) is 43.8 Å². The van der Waals surface area contributed by atoms with E-state index in [4.69, 9.17) is 12.2 Å². The van der Waals surface area contributed by atoms with Crippen LogP contribution in [0.4, 0.5) is 4.79 Å². The van der Waals surface area contributed by atoms with Gasteiger partial charge in [-0.15, -0.1) is 0 Å². The number of hydrogen-bond acceptors (Lipinski definition) is 2. The molecule has 0 aliphatic carbocycles. The van der Waals surface area contributed by atoms with Gasteiger partial charge in [0.1, 0.15) is 0 Å². The highest BCUT2D eigenvalue weighted by atomic mass is 32.1. The van der Waals surface area contributed by atoms with Crippen LogP contribution in [0.25, 0.3) is 0 Å². The maximum atomic E-state index is 12.2. The number of hydrogen-bond donors (Lipinski definition) is 0. The quantitative estimate of drug-likeness (QED) is 0.607. The average Bonchev–Trinajstić information content (AvgIpc) is 2.33. The van der Waals surface area contributed by atoms with Crippen molar-refractivity contribution in [2.75, 3.05) is 26.2 Å². The van der Waals surface area contributed by atoms with Gasteiger partial charge in [-0.25, -0.2) is 4.79 Å². The summed E-state index contributed by atoms with van der Waals surface area (Å²) in [6.45, 7) is 5.57. The highest BCUT2D eigenvalue weighted by molar-refractivity contribution is 7.80. The van der Waals surface area contributed by atoms with Gasteiger partial charge in [0.2, 0.25) is 0 Å². The first-order valence-electron chi connectivity index (χ1n) is 6.25. The third-order valence-corrected chi connectivity index (χ3v) is 4.16.